The fourth-order valence-corrected chi connectivity index (χ4v) is 1.07. The quantitative estimate of drug-likeness (QED) is 0.695. The summed E-state index contributed by atoms with van der Waals surface area (Å²) in [5.41, 5.74) is -1.41. The van der Waals surface area contributed by atoms with Gasteiger partial charge in [-0.25, -0.2) is 9.36 Å². The smallest absolute Gasteiger partial charge is 0.314 e. The van der Waals surface area contributed by atoms with Crippen LogP contribution in [0.25, 0.3) is 0 Å². The van der Waals surface area contributed by atoms with E-state index in [1.54, 1.807) is 6.92 Å². The second kappa shape index (κ2) is 3.58. The minimum absolute atomic E-state index is 0.374. The largest absolute Gasteiger partial charge is 0.329 e. The SMILES string of the molecule is CCC(Cl)n1c(=O)cc[nH]c1=O. The lowest BCUT2D eigenvalue weighted by Crippen LogP contribution is -2.35. The number of nitrogens with one attached hydrogen (secondary N) is 1. The van der Waals surface area contributed by atoms with Crippen molar-refractivity contribution >= 4 is 11.6 Å². The molecular weight excluding hydrogens is 180 g/mol. The molecule has 1 aromatic rings. The van der Waals surface area contributed by atoms with Gasteiger partial charge in [0, 0.05) is 12.3 Å². The summed E-state index contributed by atoms with van der Waals surface area (Å²) >= 11 is 5.74. The minimum atomic E-state index is -0.567. The average Bonchev–Trinajstić information content (AvgIpc) is 2.03. The summed E-state index contributed by atoms with van der Waals surface area (Å²) < 4.78 is 0.988. The van der Waals surface area contributed by atoms with Crippen LogP contribution in [0.4, 0.5) is 0 Å². The van der Waals surface area contributed by atoms with Gasteiger partial charge in [0.2, 0.25) is 0 Å². The van der Waals surface area contributed by atoms with Crippen LogP contribution in [0.2, 0.25) is 0 Å². The number of hydrogen-bond donors (Lipinski definition) is 1. The van der Waals surface area contributed by atoms with Crippen LogP contribution >= 0.6 is 11.6 Å². The predicted octanol–water partition coefficient (Wildman–Crippen LogP) is 0.684. The number of hydrogen-bond acceptors (Lipinski definition) is 2. The number of H-pyrrole nitrogens is 1. The maximum Gasteiger partial charge on any atom is 0.329 e. The third-order valence-corrected chi connectivity index (χ3v) is 2.01. The second-order valence-corrected chi connectivity index (χ2v) is 2.84. The van der Waals surface area contributed by atoms with E-state index >= 15 is 0 Å². The van der Waals surface area contributed by atoms with Crippen LogP contribution in [-0.4, -0.2) is 9.55 Å². The first-order chi connectivity index (χ1) is 5.66. The van der Waals surface area contributed by atoms with E-state index < -0.39 is 11.2 Å². The molecule has 0 spiro atoms. The van der Waals surface area contributed by atoms with Crippen LogP contribution in [0.5, 0.6) is 0 Å². The zero-order valence-electron chi connectivity index (χ0n) is 6.58. The van der Waals surface area contributed by atoms with Gasteiger partial charge in [0.1, 0.15) is 5.50 Å². The zero-order valence-corrected chi connectivity index (χ0v) is 7.34. The lowest BCUT2D eigenvalue weighted by molar-refractivity contribution is 0.588. The molecule has 12 heavy (non-hydrogen) atoms. The molecule has 4 nitrogen and oxygen atoms in total. The summed E-state index contributed by atoms with van der Waals surface area (Å²) in [6.45, 7) is 1.80. The number of aromatic nitrogens is 2. The number of aromatic amines is 1. The Balaban J connectivity index is 3.31. The Kier molecular flexibility index (Phi) is 2.70. The van der Waals surface area contributed by atoms with Crippen LogP contribution in [0.3, 0.4) is 0 Å². The summed E-state index contributed by atoms with van der Waals surface area (Å²) in [7, 11) is 0. The van der Waals surface area contributed by atoms with E-state index in [2.05, 4.69) is 4.98 Å². The Bertz CT molecular complexity index is 340. The van der Waals surface area contributed by atoms with E-state index in [1.165, 1.54) is 12.3 Å². The van der Waals surface area contributed by atoms with Gasteiger partial charge in [0.05, 0.1) is 0 Å². The zero-order chi connectivity index (χ0) is 9.14. The lowest BCUT2D eigenvalue weighted by atomic mass is 10.4. The van der Waals surface area contributed by atoms with Crippen molar-refractivity contribution in [3.05, 3.63) is 33.1 Å². The van der Waals surface area contributed by atoms with E-state index in [4.69, 9.17) is 11.6 Å². The molecule has 0 amide bonds. The highest BCUT2D eigenvalue weighted by Crippen LogP contribution is 2.09. The molecule has 0 radical (unpaired) electrons. The first-order valence-corrected chi connectivity index (χ1v) is 4.04. The molecule has 0 aliphatic heterocycles. The van der Waals surface area contributed by atoms with Gasteiger partial charge in [-0.15, -0.1) is 0 Å². The summed E-state index contributed by atoms with van der Waals surface area (Å²) in [4.78, 5) is 24.5. The fourth-order valence-electron chi connectivity index (χ4n) is 0.882. The van der Waals surface area contributed by atoms with Crippen LogP contribution in [0.1, 0.15) is 18.8 Å². The molecule has 0 saturated heterocycles. The second-order valence-electron chi connectivity index (χ2n) is 2.33. The van der Waals surface area contributed by atoms with E-state index in [0.717, 1.165) is 4.57 Å². The monoisotopic (exact) mass is 188 g/mol. The summed E-state index contributed by atoms with van der Waals surface area (Å²) in [5, 5.41) is 0. The van der Waals surface area contributed by atoms with Gasteiger partial charge in [0.15, 0.2) is 0 Å². The average molecular weight is 189 g/mol. The molecule has 0 aliphatic carbocycles. The standard InChI is InChI=1S/C7H9ClN2O2/c1-2-5(8)10-6(11)3-4-9-7(10)12/h3-5H,2H2,1H3,(H,9,12). The van der Waals surface area contributed by atoms with Crippen molar-refractivity contribution in [2.75, 3.05) is 0 Å². The van der Waals surface area contributed by atoms with Crippen LogP contribution < -0.4 is 11.2 Å². The third-order valence-electron chi connectivity index (χ3n) is 1.51. The van der Waals surface area contributed by atoms with Gasteiger partial charge in [-0.05, 0) is 6.42 Å². The molecule has 0 bridgehead atoms. The van der Waals surface area contributed by atoms with Crippen molar-refractivity contribution in [3.8, 4) is 0 Å². The molecule has 1 N–H and O–H groups in total. The number of halogens is 1. The van der Waals surface area contributed by atoms with Crippen molar-refractivity contribution in [2.24, 2.45) is 0 Å². The molecular formula is C7H9ClN2O2. The highest BCUT2D eigenvalue weighted by molar-refractivity contribution is 6.18. The predicted molar refractivity (Wildman–Crippen MR) is 46.5 cm³/mol. The van der Waals surface area contributed by atoms with E-state index in [9.17, 15) is 9.59 Å². The van der Waals surface area contributed by atoms with Crippen molar-refractivity contribution in [2.45, 2.75) is 18.8 Å². The highest BCUT2D eigenvalue weighted by Gasteiger charge is 2.08. The summed E-state index contributed by atoms with van der Waals surface area (Å²) in [6.07, 6.45) is 1.84. The Morgan fingerprint density at radius 2 is 2.33 bits per heavy atom. The molecule has 5 heteroatoms. The van der Waals surface area contributed by atoms with Gasteiger partial charge in [-0.3, -0.25) is 4.79 Å². The Morgan fingerprint density at radius 3 is 2.83 bits per heavy atom. The van der Waals surface area contributed by atoms with Crippen LogP contribution in [0, 0.1) is 0 Å². The first-order valence-electron chi connectivity index (χ1n) is 3.61. The van der Waals surface area contributed by atoms with Crippen molar-refractivity contribution in [3.63, 3.8) is 0 Å². The molecule has 1 unspecified atom stereocenters. The molecule has 66 valence electrons. The van der Waals surface area contributed by atoms with Crippen LogP contribution in [0.15, 0.2) is 21.9 Å². The van der Waals surface area contributed by atoms with E-state index in [1.807, 2.05) is 0 Å². The normalized spacial score (nSPS) is 12.8. The van der Waals surface area contributed by atoms with Gasteiger partial charge in [0.25, 0.3) is 5.56 Å². The van der Waals surface area contributed by atoms with Gasteiger partial charge >= 0.3 is 5.69 Å². The van der Waals surface area contributed by atoms with Crippen molar-refractivity contribution < 1.29 is 0 Å². The minimum Gasteiger partial charge on any atom is -0.314 e. The molecule has 0 saturated carbocycles. The van der Waals surface area contributed by atoms with Crippen LogP contribution in [-0.2, 0) is 0 Å². The number of alkyl halides is 1. The Labute approximate surface area is 73.8 Å². The summed E-state index contributed by atoms with van der Waals surface area (Å²) in [6, 6.07) is 1.27. The first kappa shape index (κ1) is 9.06. The molecule has 1 heterocycles. The van der Waals surface area contributed by atoms with E-state index in [0.29, 0.717) is 6.42 Å². The van der Waals surface area contributed by atoms with E-state index in [-0.39, 0.29) is 5.56 Å². The molecule has 1 atom stereocenters. The Morgan fingerprint density at radius 1 is 1.67 bits per heavy atom. The molecule has 0 aromatic carbocycles. The molecule has 1 rings (SSSR count). The lowest BCUT2D eigenvalue weighted by Gasteiger charge is -2.07. The molecule has 1 aromatic heterocycles. The molecule has 0 aliphatic rings. The van der Waals surface area contributed by atoms with Crippen molar-refractivity contribution in [1.29, 1.82) is 0 Å². The Hall–Kier alpha value is -1.03. The molecule has 0 fully saturated rings. The highest BCUT2D eigenvalue weighted by atomic mass is 35.5. The van der Waals surface area contributed by atoms with Gasteiger partial charge in [-0.1, -0.05) is 18.5 Å². The van der Waals surface area contributed by atoms with Crippen molar-refractivity contribution in [1.82, 2.24) is 9.55 Å². The van der Waals surface area contributed by atoms with Gasteiger partial charge in [-0.2, -0.15) is 0 Å². The summed E-state index contributed by atoms with van der Waals surface area (Å²) in [5.74, 6) is 0. The fraction of sp³-hybridized carbons (Fsp3) is 0.429. The topological polar surface area (TPSA) is 54.9 Å². The number of rotatable bonds is 2. The maximum atomic E-state index is 11.1. The third kappa shape index (κ3) is 1.58. The number of nitrogens with zero attached hydrogens (tertiary/aromatic N) is 1. The van der Waals surface area contributed by atoms with Gasteiger partial charge < -0.3 is 4.98 Å². The maximum absolute atomic E-state index is 11.1.